The highest BCUT2D eigenvalue weighted by Crippen LogP contribution is 2.22. The molecule has 0 fully saturated rings. The van der Waals surface area contributed by atoms with Gasteiger partial charge < -0.3 is 10.1 Å². The minimum atomic E-state index is 0.244. The van der Waals surface area contributed by atoms with Gasteiger partial charge in [0.1, 0.15) is 0 Å². The van der Waals surface area contributed by atoms with Crippen LogP contribution in [0, 0.1) is 6.92 Å². The maximum absolute atomic E-state index is 5.86. The summed E-state index contributed by atoms with van der Waals surface area (Å²) in [6.45, 7) is 7.81. The Balaban J connectivity index is 1.97. The second kappa shape index (κ2) is 7.36. The fourth-order valence-electron chi connectivity index (χ4n) is 2.08. The van der Waals surface area contributed by atoms with E-state index in [-0.39, 0.29) is 6.04 Å². The lowest BCUT2D eigenvalue weighted by atomic mass is 10.1. The lowest BCUT2D eigenvalue weighted by molar-refractivity contribution is 0.303. The van der Waals surface area contributed by atoms with E-state index in [2.05, 4.69) is 35.2 Å². The second-order valence-corrected chi connectivity index (χ2v) is 5.58. The van der Waals surface area contributed by atoms with Gasteiger partial charge in [-0.25, -0.2) is 9.97 Å². The molecule has 2 rings (SSSR count). The van der Waals surface area contributed by atoms with E-state index in [1.807, 2.05) is 18.5 Å². The second-order valence-electron chi connectivity index (χ2n) is 4.64. The Labute approximate surface area is 124 Å². The molecule has 0 aromatic carbocycles. The molecule has 1 atom stereocenters. The van der Waals surface area contributed by atoms with Crippen LogP contribution >= 0.6 is 11.3 Å². The highest BCUT2D eigenvalue weighted by atomic mass is 32.1. The zero-order valence-electron chi connectivity index (χ0n) is 12.2. The molecular weight excluding hydrogens is 270 g/mol. The molecule has 2 heterocycles. The molecule has 2 aromatic heterocycles. The van der Waals surface area contributed by atoms with Gasteiger partial charge in [0.15, 0.2) is 0 Å². The maximum Gasteiger partial charge on any atom is 0.218 e. The van der Waals surface area contributed by atoms with Gasteiger partial charge in [0, 0.05) is 29.1 Å². The Kier molecular flexibility index (Phi) is 5.49. The predicted molar refractivity (Wildman–Crippen MR) is 82.4 cm³/mol. The third-order valence-electron chi connectivity index (χ3n) is 3.19. The molecule has 0 bridgehead atoms. The fraction of sp³-hybridized carbons (Fsp3) is 0.467. The lowest BCUT2D eigenvalue weighted by Crippen LogP contribution is -2.19. The SMILES string of the molecule is CCNC(C)c1cccnc1OCCc1scnc1C. The van der Waals surface area contributed by atoms with Crippen LogP contribution in [0.1, 0.15) is 36.0 Å². The Morgan fingerprint density at radius 2 is 2.25 bits per heavy atom. The largest absolute Gasteiger partial charge is 0.477 e. The van der Waals surface area contributed by atoms with E-state index in [1.54, 1.807) is 17.5 Å². The molecule has 0 amide bonds. The van der Waals surface area contributed by atoms with Gasteiger partial charge >= 0.3 is 0 Å². The van der Waals surface area contributed by atoms with Crippen LogP contribution in [-0.2, 0) is 6.42 Å². The molecule has 1 unspecified atom stereocenters. The molecule has 108 valence electrons. The number of rotatable bonds is 7. The van der Waals surface area contributed by atoms with Crippen molar-refractivity contribution in [1.29, 1.82) is 0 Å². The average Bonchev–Trinajstić information content (AvgIpc) is 2.85. The Morgan fingerprint density at radius 1 is 1.40 bits per heavy atom. The van der Waals surface area contributed by atoms with E-state index in [1.165, 1.54) is 4.88 Å². The van der Waals surface area contributed by atoms with Gasteiger partial charge in [-0.3, -0.25) is 0 Å². The minimum absolute atomic E-state index is 0.244. The number of pyridine rings is 1. The van der Waals surface area contributed by atoms with Gasteiger partial charge in [-0.2, -0.15) is 0 Å². The third-order valence-corrected chi connectivity index (χ3v) is 4.19. The van der Waals surface area contributed by atoms with Gasteiger partial charge in [-0.15, -0.1) is 11.3 Å². The van der Waals surface area contributed by atoms with Gasteiger partial charge in [-0.05, 0) is 26.5 Å². The van der Waals surface area contributed by atoms with Crippen molar-refractivity contribution in [3.63, 3.8) is 0 Å². The molecule has 0 aliphatic rings. The molecule has 4 nitrogen and oxygen atoms in total. The van der Waals surface area contributed by atoms with Crippen LogP contribution < -0.4 is 10.1 Å². The summed E-state index contributed by atoms with van der Waals surface area (Å²) in [7, 11) is 0. The van der Waals surface area contributed by atoms with Gasteiger partial charge in [0.2, 0.25) is 5.88 Å². The van der Waals surface area contributed by atoms with Crippen LogP contribution in [0.15, 0.2) is 23.8 Å². The topological polar surface area (TPSA) is 47.0 Å². The van der Waals surface area contributed by atoms with Gasteiger partial charge in [-0.1, -0.05) is 13.0 Å². The number of hydrogen-bond acceptors (Lipinski definition) is 5. The number of thiazole rings is 1. The molecule has 2 aromatic rings. The summed E-state index contributed by atoms with van der Waals surface area (Å²) in [6, 6.07) is 4.26. The summed E-state index contributed by atoms with van der Waals surface area (Å²) in [4.78, 5) is 9.88. The van der Waals surface area contributed by atoms with E-state index < -0.39 is 0 Å². The first-order valence-corrected chi connectivity index (χ1v) is 7.80. The van der Waals surface area contributed by atoms with Crippen molar-refractivity contribution in [2.75, 3.05) is 13.2 Å². The lowest BCUT2D eigenvalue weighted by Gasteiger charge is -2.16. The van der Waals surface area contributed by atoms with Gasteiger partial charge in [0.05, 0.1) is 17.8 Å². The first-order chi connectivity index (χ1) is 9.72. The monoisotopic (exact) mass is 291 g/mol. The first-order valence-electron chi connectivity index (χ1n) is 6.92. The average molecular weight is 291 g/mol. The standard InChI is InChI=1S/C15H21N3OS/c1-4-16-11(2)13-6-5-8-17-15(13)19-9-7-14-12(3)18-10-20-14/h5-6,8,10-11,16H,4,7,9H2,1-3H3. The number of aromatic nitrogens is 2. The summed E-state index contributed by atoms with van der Waals surface area (Å²) in [6.07, 6.45) is 2.65. The number of ether oxygens (including phenoxy) is 1. The van der Waals surface area contributed by atoms with E-state index in [4.69, 9.17) is 4.74 Å². The molecule has 5 heteroatoms. The Hall–Kier alpha value is -1.46. The molecule has 0 aliphatic carbocycles. The van der Waals surface area contributed by atoms with Crippen LogP contribution in [0.3, 0.4) is 0 Å². The molecule has 0 spiro atoms. The fourth-order valence-corrected chi connectivity index (χ4v) is 2.84. The van der Waals surface area contributed by atoms with Gasteiger partial charge in [0.25, 0.3) is 0 Å². The highest BCUT2D eigenvalue weighted by molar-refractivity contribution is 7.09. The van der Waals surface area contributed by atoms with E-state index in [0.29, 0.717) is 6.61 Å². The van der Waals surface area contributed by atoms with E-state index in [9.17, 15) is 0 Å². The van der Waals surface area contributed by atoms with Crippen LogP contribution in [-0.4, -0.2) is 23.1 Å². The normalized spacial score (nSPS) is 12.3. The first kappa shape index (κ1) is 14.9. The summed E-state index contributed by atoms with van der Waals surface area (Å²) < 4.78 is 5.86. The van der Waals surface area contributed by atoms with Crippen molar-refractivity contribution < 1.29 is 4.74 Å². The van der Waals surface area contributed by atoms with E-state index in [0.717, 1.165) is 30.1 Å². The zero-order chi connectivity index (χ0) is 14.4. The quantitative estimate of drug-likeness (QED) is 0.851. The van der Waals surface area contributed by atoms with Crippen molar-refractivity contribution in [3.8, 4) is 5.88 Å². The van der Waals surface area contributed by atoms with E-state index >= 15 is 0 Å². The Bertz CT molecular complexity index is 541. The van der Waals surface area contributed by atoms with Crippen LogP contribution in [0.4, 0.5) is 0 Å². The van der Waals surface area contributed by atoms with Crippen molar-refractivity contribution in [3.05, 3.63) is 40.0 Å². The third kappa shape index (κ3) is 3.77. The summed E-state index contributed by atoms with van der Waals surface area (Å²) in [5.74, 6) is 0.725. The molecule has 20 heavy (non-hydrogen) atoms. The number of aryl methyl sites for hydroxylation is 1. The summed E-state index contributed by atoms with van der Waals surface area (Å²) in [5, 5.41) is 3.39. The van der Waals surface area contributed by atoms with Crippen molar-refractivity contribution >= 4 is 11.3 Å². The molecule has 0 radical (unpaired) electrons. The molecule has 0 aliphatic heterocycles. The number of hydrogen-bond donors (Lipinski definition) is 1. The molecule has 0 saturated heterocycles. The number of nitrogens with zero attached hydrogens (tertiary/aromatic N) is 2. The van der Waals surface area contributed by atoms with Crippen molar-refractivity contribution in [2.45, 2.75) is 33.2 Å². The minimum Gasteiger partial charge on any atom is -0.477 e. The summed E-state index contributed by atoms with van der Waals surface area (Å²) >= 11 is 1.68. The van der Waals surface area contributed by atoms with Crippen LogP contribution in [0.5, 0.6) is 5.88 Å². The van der Waals surface area contributed by atoms with Crippen LogP contribution in [0.25, 0.3) is 0 Å². The predicted octanol–water partition coefficient (Wildman–Crippen LogP) is 3.14. The maximum atomic E-state index is 5.86. The summed E-state index contributed by atoms with van der Waals surface area (Å²) in [5.41, 5.74) is 4.08. The molecule has 0 saturated carbocycles. The Morgan fingerprint density at radius 3 is 2.95 bits per heavy atom. The van der Waals surface area contributed by atoms with Crippen molar-refractivity contribution in [2.24, 2.45) is 0 Å². The molecular formula is C15H21N3OS. The highest BCUT2D eigenvalue weighted by Gasteiger charge is 2.11. The zero-order valence-corrected chi connectivity index (χ0v) is 13.0. The van der Waals surface area contributed by atoms with Crippen LogP contribution in [0.2, 0.25) is 0 Å². The molecule has 1 N–H and O–H groups in total. The smallest absolute Gasteiger partial charge is 0.218 e. The van der Waals surface area contributed by atoms with Crippen molar-refractivity contribution in [1.82, 2.24) is 15.3 Å². The number of nitrogens with one attached hydrogen (secondary N) is 1.